The Bertz CT molecular complexity index is 1030. The third-order valence-electron chi connectivity index (χ3n) is 4.96. The zero-order valence-corrected chi connectivity index (χ0v) is 20.0. The summed E-state index contributed by atoms with van der Waals surface area (Å²) in [6, 6.07) is 12.1. The zero-order valence-electron chi connectivity index (χ0n) is 20.0. The van der Waals surface area contributed by atoms with E-state index in [2.05, 4.69) is 16.0 Å². The van der Waals surface area contributed by atoms with Crippen LogP contribution in [0.3, 0.4) is 0 Å². The Labute approximate surface area is 199 Å². The fraction of sp³-hybridized carbons (Fsp3) is 0.440. The van der Waals surface area contributed by atoms with E-state index in [1.54, 1.807) is 27.7 Å². The van der Waals surface area contributed by atoms with Crippen LogP contribution < -0.4 is 16.0 Å². The van der Waals surface area contributed by atoms with Gasteiger partial charge in [-0.1, -0.05) is 42.5 Å². The van der Waals surface area contributed by atoms with Gasteiger partial charge in [0.05, 0.1) is 0 Å². The van der Waals surface area contributed by atoms with Crippen molar-refractivity contribution in [1.29, 1.82) is 0 Å². The highest BCUT2D eigenvalue weighted by atomic mass is 16.6. The van der Waals surface area contributed by atoms with Crippen LogP contribution in [0, 0.1) is 0 Å². The molecule has 3 amide bonds. The minimum absolute atomic E-state index is 0.0453. The summed E-state index contributed by atoms with van der Waals surface area (Å²) in [6.45, 7) is 6.96. The quantitative estimate of drug-likeness (QED) is 0.421. The molecule has 0 fully saturated rings. The minimum Gasteiger partial charge on any atom is -0.481 e. The average Bonchev–Trinajstić information content (AvgIpc) is 2.74. The average molecular weight is 472 g/mol. The minimum atomic E-state index is -1.04. The number of amides is 3. The van der Waals surface area contributed by atoms with Gasteiger partial charge in [0.2, 0.25) is 11.8 Å². The lowest BCUT2D eigenvalue weighted by Gasteiger charge is -2.23. The van der Waals surface area contributed by atoms with E-state index in [-0.39, 0.29) is 25.2 Å². The molecule has 9 heteroatoms. The summed E-state index contributed by atoms with van der Waals surface area (Å²) in [7, 11) is 0. The lowest BCUT2D eigenvalue weighted by atomic mass is 10.0. The first-order valence-corrected chi connectivity index (χ1v) is 11.2. The molecule has 0 aromatic heterocycles. The molecule has 0 radical (unpaired) electrons. The van der Waals surface area contributed by atoms with Gasteiger partial charge in [-0.15, -0.1) is 0 Å². The highest BCUT2D eigenvalue weighted by Gasteiger charge is 2.23. The molecule has 184 valence electrons. The molecule has 0 unspecified atom stereocenters. The SMILES string of the molecule is C[C@H](NC(=O)C[C@H](CCC(=O)O)NC(=O)OC(C)(C)C)C(=O)NCc1cccc2ccccc12. The number of carboxylic acids is 1. The molecule has 0 bridgehead atoms. The summed E-state index contributed by atoms with van der Waals surface area (Å²) in [5, 5.41) is 19.0. The third kappa shape index (κ3) is 9.09. The van der Waals surface area contributed by atoms with Crippen LogP contribution in [0.4, 0.5) is 4.79 Å². The van der Waals surface area contributed by atoms with Crippen molar-refractivity contribution in [2.24, 2.45) is 0 Å². The van der Waals surface area contributed by atoms with Crippen molar-refractivity contribution < 1.29 is 29.0 Å². The highest BCUT2D eigenvalue weighted by molar-refractivity contribution is 5.89. The molecule has 2 aromatic carbocycles. The molecule has 2 atom stereocenters. The molecule has 0 aliphatic heterocycles. The van der Waals surface area contributed by atoms with Crippen molar-refractivity contribution in [3.05, 3.63) is 48.0 Å². The lowest BCUT2D eigenvalue weighted by molar-refractivity contribution is -0.137. The number of hydrogen-bond donors (Lipinski definition) is 4. The number of nitrogens with one attached hydrogen (secondary N) is 3. The second-order valence-corrected chi connectivity index (χ2v) is 9.12. The maximum Gasteiger partial charge on any atom is 0.407 e. The molecule has 0 aliphatic rings. The lowest BCUT2D eigenvalue weighted by Crippen LogP contribution is -2.47. The van der Waals surface area contributed by atoms with Crippen LogP contribution in [-0.2, 0) is 25.7 Å². The summed E-state index contributed by atoms with van der Waals surface area (Å²) in [6.07, 6.45) is -1.11. The second kappa shape index (κ2) is 12.0. The number of fused-ring (bicyclic) bond motifs is 1. The molecule has 2 aromatic rings. The Kier molecular flexibility index (Phi) is 9.41. The van der Waals surface area contributed by atoms with Gasteiger partial charge >= 0.3 is 12.1 Å². The van der Waals surface area contributed by atoms with E-state index in [0.717, 1.165) is 16.3 Å². The summed E-state index contributed by atoms with van der Waals surface area (Å²) >= 11 is 0. The van der Waals surface area contributed by atoms with Crippen LogP contribution in [0.15, 0.2) is 42.5 Å². The van der Waals surface area contributed by atoms with Crippen LogP contribution in [0.25, 0.3) is 10.8 Å². The van der Waals surface area contributed by atoms with Crippen molar-refractivity contribution in [3.8, 4) is 0 Å². The van der Waals surface area contributed by atoms with Gasteiger partial charge in [-0.05, 0) is 50.5 Å². The number of alkyl carbamates (subject to hydrolysis) is 1. The first kappa shape index (κ1) is 26.6. The summed E-state index contributed by atoms with van der Waals surface area (Å²) < 4.78 is 5.19. The normalized spacial score (nSPS) is 12.9. The number of carboxylic acid groups (broad SMARTS) is 1. The van der Waals surface area contributed by atoms with Gasteiger partial charge in [-0.2, -0.15) is 0 Å². The number of aliphatic carboxylic acids is 1. The molecule has 0 spiro atoms. The molecule has 0 aliphatic carbocycles. The van der Waals surface area contributed by atoms with E-state index in [4.69, 9.17) is 9.84 Å². The van der Waals surface area contributed by atoms with Gasteiger partial charge in [0, 0.05) is 25.4 Å². The summed E-state index contributed by atoms with van der Waals surface area (Å²) in [4.78, 5) is 48.0. The van der Waals surface area contributed by atoms with E-state index >= 15 is 0 Å². The molecule has 0 saturated heterocycles. The fourth-order valence-corrected chi connectivity index (χ4v) is 3.37. The van der Waals surface area contributed by atoms with Crippen LogP contribution in [0.2, 0.25) is 0 Å². The molecular weight excluding hydrogens is 438 g/mol. The van der Waals surface area contributed by atoms with Gasteiger partial charge in [0.25, 0.3) is 0 Å². The predicted molar refractivity (Wildman–Crippen MR) is 128 cm³/mol. The van der Waals surface area contributed by atoms with Gasteiger partial charge < -0.3 is 25.8 Å². The topological polar surface area (TPSA) is 134 Å². The Hall–Kier alpha value is -3.62. The molecule has 2 rings (SSSR count). The number of benzene rings is 2. The Morgan fingerprint density at radius 1 is 1.00 bits per heavy atom. The van der Waals surface area contributed by atoms with Crippen molar-refractivity contribution in [3.63, 3.8) is 0 Å². The Balaban J connectivity index is 1.91. The van der Waals surface area contributed by atoms with E-state index in [9.17, 15) is 19.2 Å². The molecular formula is C25H33N3O6. The summed E-state index contributed by atoms with van der Waals surface area (Å²) in [5.41, 5.74) is 0.223. The van der Waals surface area contributed by atoms with Gasteiger partial charge in [0.1, 0.15) is 11.6 Å². The van der Waals surface area contributed by atoms with Gasteiger partial charge in [0.15, 0.2) is 0 Å². The standard InChI is InChI=1S/C25H33N3O6/c1-16(23(32)26-15-18-10-7-9-17-8-5-6-11-20(17)18)27-21(29)14-19(12-13-22(30)31)28-24(33)34-25(2,3)4/h5-11,16,19H,12-15H2,1-4H3,(H,26,32)(H,27,29)(H,28,33)(H,30,31)/t16-,19-/m0/s1. The highest BCUT2D eigenvalue weighted by Crippen LogP contribution is 2.18. The van der Waals surface area contributed by atoms with Gasteiger partial charge in [-0.3, -0.25) is 14.4 Å². The number of hydrogen-bond acceptors (Lipinski definition) is 5. The second-order valence-electron chi connectivity index (χ2n) is 9.12. The van der Waals surface area contributed by atoms with Gasteiger partial charge in [-0.25, -0.2) is 4.79 Å². The smallest absolute Gasteiger partial charge is 0.407 e. The van der Waals surface area contributed by atoms with E-state index < -0.39 is 35.7 Å². The molecule has 9 nitrogen and oxygen atoms in total. The van der Waals surface area contributed by atoms with Crippen molar-refractivity contribution in [1.82, 2.24) is 16.0 Å². The van der Waals surface area contributed by atoms with E-state index in [0.29, 0.717) is 6.54 Å². The third-order valence-corrected chi connectivity index (χ3v) is 4.96. The predicted octanol–water partition coefficient (Wildman–Crippen LogP) is 3.11. The zero-order chi connectivity index (χ0) is 25.3. The molecule has 34 heavy (non-hydrogen) atoms. The van der Waals surface area contributed by atoms with Crippen LogP contribution in [0.1, 0.15) is 52.5 Å². The maximum absolute atomic E-state index is 12.5. The Morgan fingerprint density at radius 3 is 2.35 bits per heavy atom. The molecule has 0 saturated carbocycles. The number of ether oxygens (including phenoxy) is 1. The fourth-order valence-electron chi connectivity index (χ4n) is 3.37. The van der Waals surface area contributed by atoms with Crippen LogP contribution >= 0.6 is 0 Å². The first-order chi connectivity index (χ1) is 15.9. The maximum atomic E-state index is 12.5. The largest absolute Gasteiger partial charge is 0.481 e. The number of rotatable bonds is 10. The van der Waals surface area contributed by atoms with Crippen LogP contribution in [0.5, 0.6) is 0 Å². The van der Waals surface area contributed by atoms with Crippen molar-refractivity contribution in [2.45, 2.75) is 71.2 Å². The summed E-state index contributed by atoms with van der Waals surface area (Å²) in [5.74, 6) is -1.89. The van der Waals surface area contributed by atoms with Crippen LogP contribution in [-0.4, -0.2) is 46.7 Å². The van der Waals surface area contributed by atoms with Crippen molar-refractivity contribution >= 4 is 34.6 Å². The number of carbonyl (C=O) groups excluding carboxylic acids is 3. The monoisotopic (exact) mass is 471 g/mol. The number of carbonyl (C=O) groups is 4. The molecule has 0 heterocycles. The van der Waals surface area contributed by atoms with Crippen molar-refractivity contribution in [2.75, 3.05) is 0 Å². The Morgan fingerprint density at radius 2 is 1.68 bits per heavy atom. The molecule has 4 N–H and O–H groups in total. The van der Waals surface area contributed by atoms with E-state index in [1.165, 1.54) is 0 Å². The van der Waals surface area contributed by atoms with E-state index in [1.807, 2.05) is 42.5 Å². The first-order valence-electron chi connectivity index (χ1n) is 11.2.